The highest BCUT2D eigenvalue weighted by Crippen LogP contribution is 2.43. The van der Waals surface area contributed by atoms with Gasteiger partial charge >= 0.3 is 0 Å². The summed E-state index contributed by atoms with van der Waals surface area (Å²) in [6, 6.07) is 10.9. The Morgan fingerprint density at radius 3 is 2.38 bits per heavy atom. The first-order valence-electron chi connectivity index (χ1n) is 8.64. The lowest BCUT2D eigenvalue weighted by Gasteiger charge is -2.43. The molecule has 0 radical (unpaired) electrons. The minimum Gasteiger partial charge on any atom is -0.377 e. The fraction of sp³-hybridized carbons (Fsp3) is 0.632. The van der Waals surface area contributed by atoms with E-state index in [4.69, 9.17) is 4.74 Å². The van der Waals surface area contributed by atoms with Gasteiger partial charge in [0.05, 0.1) is 12.1 Å². The average molecular weight is 445 g/mol. The van der Waals surface area contributed by atoms with Gasteiger partial charge in [-0.25, -0.2) is 0 Å². The lowest BCUT2D eigenvalue weighted by Crippen LogP contribution is -2.49. The van der Waals surface area contributed by atoms with Crippen molar-refractivity contribution in [2.24, 2.45) is 4.99 Å². The van der Waals surface area contributed by atoms with Gasteiger partial charge in [0, 0.05) is 25.6 Å². The van der Waals surface area contributed by atoms with Crippen molar-refractivity contribution in [2.45, 2.75) is 51.0 Å². The molecule has 136 valence electrons. The number of aliphatic imine (C=N–C) groups is 1. The van der Waals surface area contributed by atoms with Gasteiger partial charge in [-0.3, -0.25) is 4.99 Å². The fourth-order valence-corrected chi connectivity index (χ4v) is 2.89. The fourth-order valence-electron chi connectivity index (χ4n) is 2.89. The zero-order valence-corrected chi connectivity index (χ0v) is 17.7. The number of halogens is 1. The van der Waals surface area contributed by atoms with Crippen molar-refractivity contribution in [3.8, 4) is 0 Å². The Morgan fingerprint density at radius 2 is 1.88 bits per heavy atom. The van der Waals surface area contributed by atoms with E-state index in [1.165, 1.54) is 24.8 Å². The van der Waals surface area contributed by atoms with Gasteiger partial charge in [0.15, 0.2) is 5.96 Å². The lowest BCUT2D eigenvalue weighted by atomic mass is 9.64. The quantitative estimate of drug-likeness (QED) is 0.382. The van der Waals surface area contributed by atoms with Crippen LogP contribution in [0.3, 0.4) is 0 Å². The van der Waals surface area contributed by atoms with Gasteiger partial charge in [0.2, 0.25) is 0 Å². The van der Waals surface area contributed by atoms with Crippen molar-refractivity contribution in [1.29, 1.82) is 0 Å². The molecule has 0 spiro atoms. The highest BCUT2D eigenvalue weighted by atomic mass is 127. The number of hydrogen-bond acceptors (Lipinski definition) is 2. The number of nitrogens with one attached hydrogen (secondary N) is 2. The van der Waals surface area contributed by atoms with E-state index in [1.54, 1.807) is 7.11 Å². The van der Waals surface area contributed by atoms with E-state index in [9.17, 15) is 0 Å². The third kappa shape index (κ3) is 5.62. The number of guanidine groups is 1. The Morgan fingerprint density at radius 1 is 1.21 bits per heavy atom. The summed E-state index contributed by atoms with van der Waals surface area (Å²) >= 11 is 0. The Balaban J connectivity index is 0.00000288. The van der Waals surface area contributed by atoms with Gasteiger partial charge in [0.1, 0.15) is 0 Å². The van der Waals surface area contributed by atoms with Crippen molar-refractivity contribution < 1.29 is 4.74 Å². The van der Waals surface area contributed by atoms with E-state index in [0.717, 1.165) is 19.0 Å². The Labute approximate surface area is 163 Å². The average Bonchev–Trinajstić information content (AvgIpc) is 2.52. The van der Waals surface area contributed by atoms with E-state index in [0.29, 0.717) is 6.54 Å². The highest BCUT2D eigenvalue weighted by Gasteiger charge is 2.38. The van der Waals surface area contributed by atoms with E-state index in [2.05, 4.69) is 66.7 Å². The van der Waals surface area contributed by atoms with Crippen molar-refractivity contribution in [1.82, 2.24) is 10.6 Å². The minimum absolute atomic E-state index is 0. The van der Waals surface area contributed by atoms with Crippen molar-refractivity contribution >= 4 is 29.9 Å². The maximum absolute atomic E-state index is 5.45. The molecule has 0 aliphatic heterocycles. The van der Waals surface area contributed by atoms with Crippen LogP contribution in [0.2, 0.25) is 0 Å². The second-order valence-corrected chi connectivity index (χ2v) is 7.01. The van der Waals surface area contributed by atoms with Gasteiger partial charge in [0.25, 0.3) is 0 Å². The number of benzene rings is 1. The largest absolute Gasteiger partial charge is 0.377 e. The molecule has 2 N–H and O–H groups in total. The number of methoxy groups -OCH3 is 1. The predicted molar refractivity (Wildman–Crippen MR) is 112 cm³/mol. The van der Waals surface area contributed by atoms with Crippen molar-refractivity contribution in [3.05, 3.63) is 35.9 Å². The third-order valence-electron chi connectivity index (χ3n) is 4.81. The second-order valence-electron chi connectivity index (χ2n) is 7.01. The molecule has 0 atom stereocenters. The first-order valence-corrected chi connectivity index (χ1v) is 8.64. The van der Waals surface area contributed by atoms with Gasteiger partial charge in [-0.1, -0.05) is 36.8 Å². The molecule has 1 saturated carbocycles. The normalized spacial score (nSPS) is 16.8. The summed E-state index contributed by atoms with van der Waals surface area (Å²) in [5.41, 5.74) is 1.45. The monoisotopic (exact) mass is 445 g/mol. The molecule has 0 heterocycles. The second kappa shape index (κ2) is 9.61. The first kappa shape index (κ1) is 21.2. The number of ether oxygens (including phenoxy) is 1. The van der Waals surface area contributed by atoms with Crippen LogP contribution in [-0.2, 0) is 10.2 Å². The molecular weight excluding hydrogens is 413 g/mol. The molecule has 2 rings (SSSR count). The molecule has 0 aromatic heterocycles. The molecule has 0 amide bonds. The summed E-state index contributed by atoms with van der Waals surface area (Å²) in [6.07, 6.45) is 3.79. The smallest absolute Gasteiger partial charge is 0.191 e. The standard InChI is InChI=1S/C19H31N3O.HI/c1-5-20-17(21-14-18(2,3)23-4)22-15-19(12-9-13-19)16-10-7-6-8-11-16;/h6-8,10-11H,5,9,12-15H2,1-4H3,(H2,20,21,22);1H. The zero-order chi connectivity index (χ0) is 16.8. The van der Waals surface area contributed by atoms with Crippen LogP contribution in [0.4, 0.5) is 0 Å². The maximum atomic E-state index is 5.45. The molecular formula is C19H32IN3O. The number of nitrogens with zero attached hydrogens (tertiary/aromatic N) is 1. The van der Waals surface area contributed by atoms with Crippen LogP contribution in [0.15, 0.2) is 35.3 Å². The molecule has 0 saturated heterocycles. The van der Waals surface area contributed by atoms with E-state index < -0.39 is 0 Å². The van der Waals surface area contributed by atoms with Crippen LogP contribution < -0.4 is 10.6 Å². The summed E-state index contributed by atoms with van der Waals surface area (Å²) in [5, 5.41) is 6.88. The molecule has 0 bridgehead atoms. The van der Waals surface area contributed by atoms with Crippen molar-refractivity contribution in [2.75, 3.05) is 26.7 Å². The van der Waals surface area contributed by atoms with E-state index in [1.807, 2.05) is 0 Å². The first-order chi connectivity index (χ1) is 11.0. The summed E-state index contributed by atoms with van der Waals surface area (Å²) in [6.45, 7) is 8.62. The Hall–Kier alpha value is -0.820. The molecule has 5 heteroatoms. The topological polar surface area (TPSA) is 45.7 Å². The molecule has 1 fully saturated rings. The van der Waals surface area contributed by atoms with Gasteiger partial charge in [-0.2, -0.15) is 0 Å². The van der Waals surface area contributed by atoms with Crippen LogP contribution >= 0.6 is 24.0 Å². The predicted octanol–water partition coefficient (Wildman–Crippen LogP) is 3.71. The number of rotatable bonds is 7. The van der Waals surface area contributed by atoms with Crippen LogP contribution in [0.5, 0.6) is 0 Å². The summed E-state index contributed by atoms with van der Waals surface area (Å²) in [5.74, 6) is 0.875. The minimum atomic E-state index is -0.240. The molecule has 0 unspecified atom stereocenters. The maximum Gasteiger partial charge on any atom is 0.191 e. The highest BCUT2D eigenvalue weighted by molar-refractivity contribution is 14.0. The lowest BCUT2D eigenvalue weighted by molar-refractivity contribution is 0.0310. The number of hydrogen-bond donors (Lipinski definition) is 2. The SMILES string of the molecule is CCNC(=NCC(C)(C)OC)NCC1(c2ccccc2)CCC1.I. The van der Waals surface area contributed by atoms with Crippen LogP contribution in [-0.4, -0.2) is 38.3 Å². The van der Waals surface area contributed by atoms with Crippen molar-refractivity contribution in [3.63, 3.8) is 0 Å². The molecule has 1 aromatic rings. The zero-order valence-electron chi connectivity index (χ0n) is 15.4. The van der Waals surface area contributed by atoms with Crippen LogP contribution in [0, 0.1) is 0 Å². The molecule has 1 aliphatic carbocycles. The third-order valence-corrected chi connectivity index (χ3v) is 4.81. The van der Waals surface area contributed by atoms with Gasteiger partial charge in [-0.05, 0) is 39.2 Å². The molecule has 1 aliphatic rings. The summed E-state index contributed by atoms with van der Waals surface area (Å²) in [4.78, 5) is 4.68. The van der Waals surface area contributed by atoms with E-state index in [-0.39, 0.29) is 35.0 Å². The van der Waals surface area contributed by atoms with E-state index >= 15 is 0 Å². The summed E-state index contributed by atoms with van der Waals surface area (Å²) < 4.78 is 5.45. The molecule has 1 aromatic carbocycles. The van der Waals surface area contributed by atoms with Gasteiger partial charge in [-0.15, -0.1) is 24.0 Å². The molecule has 4 nitrogen and oxygen atoms in total. The van der Waals surface area contributed by atoms with Crippen LogP contribution in [0.25, 0.3) is 0 Å². The molecule has 24 heavy (non-hydrogen) atoms. The Kier molecular flexibility index (Phi) is 8.50. The van der Waals surface area contributed by atoms with Crippen LogP contribution in [0.1, 0.15) is 45.6 Å². The Bertz CT molecular complexity index is 513. The summed E-state index contributed by atoms with van der Waals surface area (Å²) in [7, 11) is 1.73. The van der Waals surface area contributed by atoms with Gasteiger partial charge < -0.3 is 15.4 Å².